The molecule has 0 amide bonds. The van der Waals surface area contributed by atoms with Crippen molar-refractivity contribution in [2.45, 2.75) is 38.6 Å². The van der Waals surface area contributed by atoms with Crippen LogP contribution in [0.3, 0.4) is 0 Å². The van der Waals surface area contributed by atoms with Gasteiger partial charge in [-0.15, -0.1) is 0 Å². The standard InChI is InChI=1S/C14H20N2O2/c1-9-2-5-11(6-3-9)16-13-8-10(14(17)18)4-7-12(13)15/h4,7-9,11,16H,2-3,5-6,15H2,1H3,(H,17,18). The van der Waals surface area contributed by atoms with Gasteiger partial charge in [-0.3, -0.25) is 0 Å². The molecule has 0 saturated heterocycles. The van der Waals surface area contributed by atoms with E-state index in [9.17, 15) is 4.79 Å². The van der Waals surface area contributed by atoms with Crippen molar-refractivity contribution in [3.63, 3.8) is 0 Å². The van der Waals surface area contributed by atoms with Crippen LogP contribution >= 0.6 is 0 Å². The molecule has 1 aliphatic rings. The quantitative estimate of drug-likeness (QED) is 0.719. The summed E-state index contributed by atoms with van der Waals surface area (Å²) in [5.74, 6) is -0.124. The third-order valence-corrected chi connectivity index (χ3v) is 3.68. The fourth-order valence-corrected chi connectivity index (χ4v) is 2.44. The number of nitrogens with two attached hydrogens (primary N) is 1. The lowest BCUT2D eigenvalue weighted by atomic mass is 9.87. The van der Waals surface area contributed by atoms with Crippen LogP contribution in [-0.2, 0) is 0 Å². The monoisotopic (exact) mass is 248 g/mol. The Bertz CT molecular complexity index is 437. The number of aromatic carboxylic acids is 1. The van der Waals surface area contributed by atoms with Crippen molar-refractivity contribution < 1.29 is 9.90 Å². The largest absolute Gasteiger partial charge is 0.478 e. The molecular formula is C14H20N2O2. The third kappa shape index (κ3) is 2.94. The lowest BCUT2D eigenvalue weighted by Crippen LogP contribution is -2.25. The number of carbonyl (C=O) groups is 1. The lowest BCUT2D eigenvalue weighted by molar-refractivity contribution is 0.0697. The summed E-state index contributed by atoms with van der Waals surface area (Å²) < 4.78 is 0. The van der Waals surface area contributed by atoms with Crippen molar-refractivity contribution in [1.29, 1.82) is 0 Å². The van der Waals surface area contributed by atoms with Crippen molar-refractivity contribution in [2.75, 3.05) is 11.1 Å². The van der Waals surface area contributed by atoms with E-state index in [0.717, 1.165) is 24.4 Å². The molecule has 1 fully saturated rings. The number of carboxylic acids is 1. The van der Waals surface area contributed by atoms with E-state index in [1.165, 1.54) is 18.9 Å². The number of nitrogen functional groups attached to an aromatic ring is 1. The van der Waals surface area contributed by atoms with Gasteiger partial charge in [0.15, 0.2) is 0 Å². The molecule has 0 aliphatic heterocycles. The van der Waals surface area contributed by atoms with Gasteiger partial charge in [0.05, 0.1) is 16.9 Å². The predicted octanol–water partition coefficient (Wildman–Crippen LogP) is 2.96. The molecule has 0 atom stereocenters. The van der Waals surface area contributed by atoms with Crippen LogP contribution in [0.2, 0.25) is 0 Å². The van der Waals surface area contributed by atoms with Crippen molar-refractivity contribution in [3.8, 4) is 0 Å². The molecule has 4 heteroatoms. The van der Waals surface area contributed by atoms with Crippen LogP contribution in [0.1, 0.15) is 43.0 Å². The van der Waals surface area contributed by atoms with Crippen LogP contribution in [-0.4, -0.2) is 17.1 Å². The van der Waals surface area contributed by atoms with E-state index < -0.39 is 5.97 Å². The van der Waals surface area contributed by atoms with Crippen LogP contribution in [0.4, 0.5) is 11.4 Å². The van der Waals surface area contributed by atoms with Crippen molar-refractivity contribution in [2.24, 2.45) is 5.92 Å². The Morgan fingerprint density at radius 1 is 1.33 bits per heavy atom. The first-order valence-corrected chi connectivity index (χ1v) is 6.45. The zero-order valence-corrected chi connectivity index (χ0v) is 10.6. The number of anilines is 2. The van der Waals surface area contributed by atoms with Gasteiger partial charge in [0.25, 0.3) is 0 Å². The maximum absolute atomic E-state index is 10.9. The summed E-state index contributed by atoms with van der Waals surface area (Å²) in [6.07, 6.45) is 4.68. The Morgan fingerprint density at radius 3 is 2.61 bits per heavy atom. The second kappa shape index (κ2) is 5.29. The molecule has 0 aromatic heterocycles. The molecule has 18 heavy (non-hydrogen) atoms. The molecule has 0 unspecified atom stereocenters. The van der Waals surface area contributed by atoms with Gasteiger partial charge < -0.3 is 16.2 Å². The molecule has 2 rings (SSSR count). The molecule has 1 saturated carbocycles. The van der Waals surface area contributed by atoms with Crippen molar-refractivity contribution in [1.82, 2.24) is 0 Å². The van der Waals surface area contributed by atoms with E-state index in [2.05, 4.69) is 12.2 Å². The maximum atomic E-state index is 10.9. The summed E-state index contributed by atoms with van der Waals surface area (Å²) in [7, 11) is 0. The zero-order valence-electron chi connectivity index (χ0n) is 10.6. The summed E-state index contributed by atoms with van der Waals surface area (Å²) in [5, 5.41) is 12.3. The number of rotatable bonds is 3. The SMILES string of the molecule is CC1CCC(Nc2cc(C(=O)O)ccc2N)CC1. The second-order valence-electron chi connectivity index (χ2n) is 5.21. The zero-order chi connectivity index (χ0) is 13.1. The van der Waals surface area contributed by atoms with E-state index in [1.807, 2.05) is 0 Å². The number of carboxylic acid groups (broad SMARTS) is 1. The minimum absolute atomic E-state index is 0.274. The van der Waals surface area contributed by atoms with Gasteiger partial charge >= 0.3 is 5.97 Å². The third-order valence-electron chi connectivity index (χ3n) is 3.68. The predicted molar refractivity (Wildman–Crippen MR) is 72.9 cm³/mol. The highest BCUT2D eigenvalue weighted by atomic mass is 16.4. The van der Waals surface area contributed by atoms with Crippen LogP contribution in [0.5, 0.6) is 0 Å². The number of hydrogen-bond acceptors (Lipinski definition) is 3. The minimum Gasteiger partial charge on any atom is -0.478 e. The van der Waals surface area contributed by atoms with E-state index >= 15 is 0 Å². The average Bonchev–Trinajstić information content (AvgIpc) is 2.34. The lowest BCUT2D eigenvalue weighted by Gasteiger charge is -2.28. The van der Waals surface area contributed by atoms with E-state index in [1.54, 1.807) is 12.1 Å². The number of benzene rings is 1. The Balaban J connectivity index is 2.08. The van der Waals surface area contributed by atoms with Crippen LogP contribution in [0.25, 0.3) is 0 Å². The van der Waals surface area contributed by atoms with Gasteiger partial charge in [0.1, 0.15) is 0 Å². The Hall–Kier alpha value is -1.71. The minimum atomic E-state index is -0.921. The summed E-state index contributed by atoms with van der Waals surface area (Å²) >= 11 is 0. The first kappa shape index (κ1) is 12.7. The number of nitrogens with one attached hydrogen (secondary N) is 1. The molecule has 0 bridgehead atoms. The summed E-state index contributed by atoms with van der Waals surface area (Å²) in [6, 6.07) is 5.21. The van der Waals surface area contributed by atoms with E-state index in [-0.39, 0.29) is 5.56 Å². The summed E-state index contributed by atoms with van der Waals surface area (Å²) in [6.45, 7) is 2.27. The second-order valence-corrected chi connectivity index (χ2v) is 5.21. The van der Waals surface area contributed by atoms with Crippen LogP contribution in [0.15, 0.2) is 18.2 Å². The molecular weight excluding hydrogens is 228 g/mol. The highest BCUT2D eigenvalue weighted by Crippen LogP contribution is 2.28. The van der Waals surface area contributed by atoms with Gasteiger partial charge in [-0.25, -0.2) is 4.79 Å². The molecule has 1 aromatic rings. The van der Waals surface area contributed by atoms with Crippen molar-refractivity contribution in [3.05, 3.63) is 23.8 Å². The Kier molecular flexibility index (Phi) is 3.75. The van der Waals surface area contributed by atoms with E-state index in [4.69, 9.17) is 10.8 Å². The summed E-state index contributed by atoms with van der Waals surface area (Å²) in [5.41, 5.74) is 7.51. The molecule has 1 aromatic carbocycles. The molecule has 0 heterocycles. The Labute approximate surface area is 107 Å². The Morgan fingerprint density at radius 2 is 2.00 bits per heavy atom. The van der Waals surface area contributed by atoms with Crippen LogP contribution < -0.4 is 11.1 Å². The van der Waals surface area contributed by atoms with Crippen molar-refractivity contribution >= 4 is 17.3 Å². The molecule has 4 N–H and O–H groups in total. The van der Waals surface area contributed by atoms with Gasteiger partial charge in [0, 0.05) is 6.04 Å². The highest BCUT2D eigenvalue weighted by molar-refractivity contribution is 5.90. The molecule has 0 radical (unpaired) electrons. The number of hydrogen-bond donors (Lipinski definition) is 3. The summed E-state index contributed by atoms with van der Waals surface area (Å²) in [4.78, 5) is 10.9. The topological polar surface area (TPSA) is 75.3 Å². The maximum Gasteiger partial charge on any atom is 0.335 e. The van der Waals surface area contributed by atoms with Gasteiger partial charge in [-0.05, 0) is 49.8 Å². The first-order chi connectivity index (χ1) is 8.56. The molecule has 98 valence electrons. The van der Waals surface area contributed by atoms with Gasteiger partial charge in [-0.1, -0.05) is 6.92 Å². The van der Waals surface area contributed by atoms with E-state index in [0.29, 0.717) is 11.7 Å². The first-order valence-electron chi connectivity index (χ1n) is 6.45. The fraction of sp³-hybridized carbons (Fsp3) is 0.500. The molecule has 1 aliphatic carbocycles. The fourth-order valence-electron chi connectivity index (χ4n) is 2.44. The molecule has 4 nitrogen and oxygen atoms in total. The van der Waals surface area contributed by atoms with Gasteiger partial charge in [-0.2, -0.15) is 0 Å². The van der Waals surface area contributed by atoms with Crippen LogP contribution in [0, 0.1) is 5.92 Å². The normalized spacial score (nSPS) is 23.6. The molecule has 0 spiro atoms. The average molecular weight is 248 g/mol. The smallest absolute Gasteiger partial charge is 0.335 e. The van der Waals surface area contributed by atoms with Gasteiger partial charge in [0.2, 0.25) is 0 Å². The highest BCUT2D eigenvalue weighted by Gasteiger charge is 2.19.